The summed E-state index contributed by atoms with van der Waals surface area (Å²) in [6.07, 6.45) is 2.24. The van der Waals surface area contributed by atoms with Crippen molar-refractivity contribution in [2.45, 2.75) is 19.4 Å². The highest BCUT2D eigenvalue weighted by Crippen LogP contribution is 2.30. The molecule has 0 saturated heterocycles. The van der Waals surface area contributed by atoms with Gasteiger partial charge < -0.3 is 19.5 Å². The molecular weight excluding hydrogens is 384 g/mol. The minimum absolute atomic E-state index is 0.333. The average molecular weight is 403 g/mol. The van der Waals surface area contributed by atoms with Gasteiger partial charge in [-0.1, -0.05) is 6.07 Å². The van der Waals surface area contributed by atoms with E-state index in [1.165, 1.54) is 13.0 Å². The number of halogens is 2. The third-order valence-electron chi connectivity index (χ3n) is 4.03. The lowest BCUT2D eigenvalue weighted by atomic mass is 10.2. The smallest absolute Gasteiger partial charge is 0.331 e. The van der Waals surface area contributed by atoms with Crippen LogP contribution in [-0.4, -0.2) is 31.2 Å². The number of benzene rings is 2. The quantitative estimate of drug-likeness (QED) is 0.609. The van der Waals surface area contributed by atoms with E-state index in [2.05, 4.69) is 5.32 Å². The first-order chi connectivity index (χ1) is 13.9. The molecule has 0 aliphatic carbocycles. The van der Waals surface area contributed by atoms with Crippen LogP contribution < -0.4 is 14.8 Å². The molecule has 1 aliphatic rings. The number of rotatable bonds is 5. The first-order valence-corrected chi connectivity index (χ1v) is 8.96. The zero-order chi connectivity index (χ0) is 20.8. The number of anilines is 1. The van der Waals surface area contributed by atoms with Crippen LogP contribution in [0.4, 0.5) is 14.5 Å². The minimum Gasteiger partial charge on any atom is -0.490 e. The number of nitrogens with one attached hydrogen (secondary N) is 1. The summed E-state index contributed by atoms with van der Waals surface area (Å²) in [7, 11) is 0. The largest absolute Gasteiger partial charge is 0.490 e. The third-order valence-corrected chi connectivity index (χ3v) is 4.03. The van der Waals surface area contributed by atoms with Crippen molar-refractivity contribution in [1.82, 2.24) is 0 Å². The monoisotopic (exact) mass is 403 g/mol. The third kappa shape index (κ3) is 5.54. The second-order valence-electron chi connectivity index (χ2n) is 6.28. The molecule has 1 amide bonds. The molecule has 0 aromatic heterocycles. The van der Waals surface area contributed by atoms with E-state index < -0.39 is 29.6 Å². The minimum atomic E-state index is -1.21. The van der Waals surface area contributed by atoms with Gasteiger partial charge in [0.15, 0.2) is 17.6 Å². The van der Waals surface area contributed by atoms with Gasteiger partial charge in [-0.05, 0) is 42.8 Å². The van der Waals surface area contributed by atoms with Crippen molar-refractivity contribution < 1.29 is 32.6 Å². The number of ether oxygens (including phenoxy) is 3. The van der Waals surface area contributed by atoms with Crippen molar-refractivity contribution in [2.75, 3.05) is 18.5 Å². The van der Waals surface area contributed by atoms with Crippen LogP contribution in [0.1, 0.15) is 18.9 Å². The first kappa shape index (κ1) is 20.3. The normalized spacial score (nSPS) is 14.2. The van der Waals surface area contributed by atoms with E-state index in [0.29, 0.717) is 30.3 Å². The lowest BCUT2D eigenvalue weighted by molar-refractivity contribution is -0.148. The highest BCUT2D eigenvalue weighted by Gasteiger charge is 2.18. The Morgan fingerprint density at radius 2 is 1.86 bits per heavy atom. The van der Waals surface area contributed by atoms with Crippen LogP contribution in [0, 0.1) is 11.6 Å². The van der Waals surface area contributed by atoms with Crippen LogP contribution in [0.15, 0.2) is 42.5 Å². The molecule has 2 aromatic carbocycles. The van der Waals surface area contributed by atoms with Crippen molar-refractivity contribution in [2.24, 2.45) is 0 Å². The van der Waals surface area contributed by atoms with Gasteiger partial charge in [0.2, 0.25) is 0 Å². The van der Waals surface area contributed by atoms with Crippen molar-refractivity contribution in [3.8, 4) is 11.5 Å². The lowest BCUT2D eigenvalue weighted by Gasteiger charge is -2.13. The number of carbonyl (C=O) groups is 2. The molecule has 1 N–H and O–H groups in total. The predicted molar refractivity (Wildman–Crippen MR) is 102 cm³/mol. The molecule has 0 radical (unpaired) electrons. The van der Waals surface area contributed by atoms with Crippen molar-refractivity contribution in [1.29, 1.82) is 0 Å². The maximum Gasteiger partial charge on any atom is 0.331 e. The molecule has 0 unspecified atom stereocenters. The molecule has 2 aromatic rings. The van der Waals surface area contributed by atoms with Gasteiger partial charge >= 0.3 is 5.97 Å². The summed E-state index contributed by atoms with van der Waals surface area (Å²) in [4.78, 5) is 24.0. The van der Waals surface area contributed by atoms with E-state index in [-0.39, 0.29) is 5.69 Å². The highest BCUT2D eigenvalue weighted by atomic mass is 19.1. The Balaban J connectivity index is 1.57. The summed E-state index contributed by atoms with van der Waals surface area (Å²) >= 11 is 0. The summed E-state index contributed by atoms with van der Waals surface area (Å²) in [5.74, 6) is -1.83. The average Bonchev–Trinajstić information content (AvgIpc) is 2.94. The highest BCUT2D eigenvalue weighted by molar-refractivity contribution is 5.96. The number of hydrogen-bond acceptors (Lipinski definition) is 5. The maximum absolute atomic E-state index is 13.6. The number of esters is 1. The van der Waals surface area contributed by atoms with E-state index in [9.17, 15) is 18.4 Å². The predicted octanol–water partition coefficient (Wildman–Crippen LogP) is 3.71. The van der Waals surface area contributed by atoms with Crippen molar-refractivity contribution in [3.05, 3.63) is 59.7 Å². The Bertz CT molecular complexity index is 945. The lowest BCUT2D eigenvalue weighted by Crippen LogP contribution is -2.29. The second kappa shape index (κ2) is 9.18. The van der Waals surface area contributed by atoms with Gasteiger partial charge in [-0.15, -0.1) is 0 Å². The maximum atomic E-state index is 13.6. The molecule has 0 spiro atoms. The van der Waals surface area contributed by atoms with Crippen molar-refractivity contribution >= 4 is 23.6 Å². The van der Waals surface area contributed by atoms with E-state index in [1.807, 2.05) is 0 Å². The number of hydrogen-bond donors (Lipinski definition) is 1. The second-order valence-corrected chi connectivity index (χ2v) is 6.28. The van der Waals surface area contributed by atoms with E-state index in [4.69, 9.17) is 14.2 Å². The molecule has 1 heterocycles. The van der Waals surface area contributed by atoms with Gasteiger partial charge in [-0.3, -0.25) is 4.79 Å². The topological polar surface area (TPSA) is 73.9 Å². The van der Waals surface area contributed by atoms with Crippen LogP contribution in [0.3, 0.4) is 0 Å². The SMILES string of the molecule is C[C@H](OC(=O)/C=C/c1ccc2c(c1)OCCCO2)C(=O)Nc1cc(F)ccc1F. The van der Waals surface area contributed by atoms with Gasteiger partial charge in [0.05, 0.1) is 18.9 Å². The Morgan fingerprint density at radius 1 is 1.10 bits per heavy atom. The van der Waals surface area contributed by atoms with E-state index in [1.54, 1.807) is 18.2 Å². The molecule has 0 bridgehead atoms. The summed E-state index contributed by atoms with van der Waals surface area (Å²) in [5.41, 5.74) is 0.353. The molecule has 3 rings (SSSR count). The Kier molecular flexibility index (Phi) is 6.43. The molecule has 8 heteroatoms. The van der Waals surface area contributed by atoms with Gasteiger partial charge in [0, 0.05) is 18.6 Å². The van der Waals surface area contributed by atoms with Crippen molar-refractivity contribution in [3.63, 3.8) is 0 Å². The van der Waals surface area contributed by atoms with Crippen LogP contribution in [0.25, 0.3) is 6.08 Å². The molecule has 0 fully saturated rings. The fourth-order valence-corrected chi connectivity index (χ4v) is 2.54. The zero-order valence-corrected chi connectivity index (χ0v) is 15.6. The van der Waals surface area contributed by atoms with E-state index >= 15 is 0 Å². The fourth-order valence-electron chi connectivity index (χ4n) is 2.54. The Hall–Kier alpha value is -3.42. The molecule has 0 saturated carbocycles. The van der Waals surface area contributed by atoms with Crippen LogP contribution in [0.5, 0.6) is 11.5 Å². The van der Waals surface area contributed by atoms with E-state index in [0.717, 1.165) is 30.7 Å². The first-order valence-electron chi connectivity index (χ1n) is 8.96. The molecule has 152 valence electrons. The Morgan fingerprint density at radius 3 is 2.66 bits per heavy atom. The van der Waals surface area contributed by atoms with Gasteiger partial charge in [0.1, 0.15) is 11.6 Å². The van der Waals surface area contributed by atoms with Crippen LogP contribution in [0.2, 0.25) is 0 Å². The molecule has 1 aliphatic heterocycles. The summed E-state index contributed by atoms with van der Waals surface area (Å²) in [6.45, 7) is 2.45. The zero-order valence-electron chi connectivity index (χ0n) is 15.6. The molecule has 1 atom stereocenters. The van der Waals surface area contributed by atoms with Crippen LogP contribution in [-0.2, 0) is 14.3 Å². The van der Waals surface area contributed by atoms with Gasteiger partial charge in [-0.25, -0.2) is 13.6 Å². The standard InChI is InChI=1S/C21H19F2NO5/c1-13(21(26)24-17-12-15(22)5-6-16(17)23)29-20(25)8-4-14-3-7-18-19(11-14)28-10-2-9-27-18/h3-8,11-13H,2,9-10H2,1H3,(H,24,26)/b8-4+/t13-/m0/s1. The number of amides is 1. The molecule has 6 nitrogen and oxygen atoms in total. The Labute approximate surface area is 166 Å². The van der Waals surface area contributed by atoms with Crippen LogP contribution >= 0.6 is 0 Å². The number of carbonyl (C=O) groups excluding carboxylic acids is 2. The summed E-state index contributed by atoms with van der Waals surface area (Å²) < 4.78 is 42.9. The van der Waals surface area contributed by atoms with Gasteiger partial charge in [-0.2, -0.15) is 0 Å². The fraction of sp³-hybridized carbons (Fsp3) is 0.238. The number of fused-ring (bicyclic) bond motifs is 1. The molecular formula is C21H19F2NO5. The van der Waals surface area contributed by atoms with Gasteiger partial charge in [0.25, 0.3) is 5.91 Å². The summed E-state index contributed by atoms with van der Waals surface area (Å²) in [6, 6.07) is 7.88. The summed E-state index contributed by atoms with van der Waals surface area (Å²) in [5, 5.41) is 2.18. The molecule has 29 heavy (non-hydrogen) atoms.